The van der Waals surface area contributed by atoms with Gasteiger partial charge >= 0.3 is 0 Å². The fourth-order valence-corrected chi connectivity index (χ4v) is 6.24. The molecule has 5 aliphatic rings. The van der Waals surface area contributed by atoms with Gasteiger partial charge in [-0.1, -0.05) is 20.8 Å². The molecule has 1 saturated heterocycles. The molecule has 1 aliphatic heterocycles. The van der Waals surface area contributed by atoms with Crippen molar-refractivity contribution >= 4 is 23.2 Å². The number of nitro groups is 1. The van der Waals surface area contributed by atoms with Crippen LogP contribution in [0.5, 0.6) is 0 Å². The third kappa shape index (κ3) is 2.18. The van der Waals surface area contributed by atoms with Crippen molar-refractivity contribution in [1.82, 2.24) is 0 Å². The van der Waals surface area contributed by atoms with Crippen LogP contribution in [0.15, 0.2) is 18.2 Å². The number of nitrogens with zero attached hydrogens (tertiary/aromatic N) is 2. The van der Waals surface area contributed by atoms with Gasteiger partial charge in [0, 0.05) is 11.6 Å². The highest BCUT2D eigenvalue weighted by Crippen LogP contribution is 2.68. The van der Waals surface area contributed by atoms with E-state index in [-0.39, 0.29) is 29.3 Å². The highest BCUT2D eigenvalue weighted by molar-refractivity contribution is 6.22. The zero-order valence-corrected chi connectivity index (χ0v) is 15.8. The van der Waals surface area contributed by atoms with Crippen molar-refractivity contribution in [3.05, 3.63) is 33.9 Å². The maximum absolute atomic E-state index is 13.2. The minimum Gasteiger partial charge on any atom is -0.274 e. The predicted octanol–water partition coefficient (Wildman–Crippen LogP) is 3.67. The second kappa shape index (κ2) is 5.18. The Morgan fingerprint density at radius 2 is 1.56 bits per heavy atom. The molecule has 6 unspecified atom stereocenters. The van der Waals surface area contributed by atoms with Gasteiger partial charge < -0.3 is 0 Å². The highest BCUT2D eigenvalue weighted by atomic mass is 16.6. The molecule has 6 nitrogen and oxygen atoms in total. The third-order valence-corrected chi connectivity index (χ3v) is 7.39. The summed E-state index contributed by atoms with van der Waals surface area (Å²) < 4.78 is 0. The Kier molecular flexibility index (Phi) is 3.24. The summed E-state index contributed by atoms with van der Waals surface area (Å²) in [5.41, 5.74) is 0.538. The van der Waals surface area contributed by atoms with Gasteiger partial charge in [-0.25, -0.2) is 4.90 Å². The highest BCUT2D eigenvalue weighted by Gasteiger charge is 2.68. The molecule has 0 aromatic heterocycles. The van der Waals surface area contributed by atoms with Gasteiger partial charge in [0.25, 0.3) is 5.69 Å². The summed E-state index contributed by atoms with van der Waals surface area (Å²) in [4.78, 5) is 38.9. The quantitative estimate of drug-likeness (QED) is 0.453. The second-order valence-electron chi connectivity index (χ2n) is 9.74. The van der Waals surface area contributed by atoms with Crippen molar-refractivity contribution in [2.24, 2.45) is 35.5 Å². The number of rotatable bonds is 2. The average molecular weight is 368 g/mol. The first-order valence-corrected chi connectivity index (χ1v) is 9.87. The zero-order valence-electron chi connectivity index (χ0n) is 15.8. The Morgan fingerprint density at radius 3 is 2.04 bits per heavy atom. The summed E-state index contributed by atoms with van der Waals surface area (Å²) in [6.07, 6.45) is 3.26. The van der Waals surface area contributed by atoms with Crippen LogP contribution >= 0.6 is 0 Å². The molecule has 1 aromatic rings. The number of hydrogen-bond acceptors (Lipinski definition) is 4. The van der Waals surface area contributed by atoms with E-state index < -0.39 is 10.3 Å². The molecule has 1 heterocycles. The maximum Gasteiger partial charge on any atom is 0.275 e. The Labute approximate surface area is 158 Å². The van der Waals surface area contributed by atoms with E-state index in [1.54, 1.807) is 12.1 Å². The summed E-state index contributed by atoms with van der Waals surface area (Å²) in [6.45, 7) is 5.75. The van der Waals surface area contributed by atoms with Gasteiger partial charge in [0.05, 0.1) is 22.4 Å². The molecular weight excluding hydrogens is 344 g/mol. The Hall–Kier alpha value is -2.24. The van der Waals surface area contributed by atoms with Gasteiger partial charge in [0.15, 0.2) is 0 Å². The van der Waals surface area contributed by atoms with E-state index in [4.69, 9.17) is 0 Å². The van der Waals surface area contributed by atoms with Crippen molar-refractivity contribution in [2.45, 2.75) is 45.4 Å². The van der Waals surface area contributed by atoms with E-state index in [2.05, 4.69) is 0 Å². The number of amides is 2. The van der Waals surface area contributed by atoms with E-state index >= 15 is 0 Å². The first kappa shape index (κ1) is 16.9. The van der Waals surface area contributed by atoms with E-state index in [0.717, 1.165) is 12.8 Å². The number of nitro benzene ring substituents is 1. The molecule has 27 heavy (non-hydrogen) atoms. The van der Waals surface area contributed by atoms with E-state index in [1.165, 1.54) is 17.4 Å². The molecular formula is C21H24N2O4. The van der Waals surface area contributed by atoms with Crippen LogP contribution in [0.1, 0.15) is 45.6 Å². The van der Waals surface area contributed by atoms with E-state index in [0.29, 0.717) is 34.9 Å². The number of carbonyl (C=O) groups is 2. The van der Waals surface area contributed by atoms with Crippen molar-refractivity contribution < 1.29 is 14.5 Å². The number of anilines is 1. The van der Waals surface area contributed by atoms with Crippen LogP contribution in [0.4, 0.5) is 11.4 Å². The third-order valence-electron chi connectivity index (χ3n) is 7.39. The van der Waals surface area contributed by atoms with Gasteiger partial charge in [0.1, 0.15) is 0 Å². The van der Waals surface area contributed by atoms with Crippen LogP contribution in [0.2, 0.25) is 0 Å². The molecule has 6 atom stereocenters. The molecule has 4 saturated carbocycles. The fraction of sp³-hybridized carbons (Fsp3) is 0.619. The van der Waals surface area contributed by atoms with Crippen LogP contribution in [-0.2, 0) is 15.0 Å². The van der Waals surface area contributed by atoms with Crippen molar-refractivity contribution in [2.75, 3.05) is 4.90 Å². The molecule has 1 aromatic carbocycles. The standard InChI is InChI=1S/C21H24N2O4/c1-21(2,3)15-7-4-10(8-16(15)23(26)27)22-19(24)17-11-5-6-12(14-9-13(11)14)18(17)20(22)25/h4,7-8,11-14,17-18H,5-6,9H2,1-3H3. The fourth-order valence-electron chi connectivity index (χ4n) is 6.24. The summed E-state index contributed by atoms with van der Waals surface area (Å²) in [6, 6.07) is 4.81. The summed E-state index contributed by atoms with van der Waals surface area (Å²) in [7, 11) is 0. The molecule has 142 valence electrons. The monoisotopic (exact) mass is 368 g/mol. The lowest BCUT2D eigenvalue weighted by atomic mass is 9.59. The molecule has 0 N–H and O–H groups in total. The van der Waals surface area contributed by atoms with Crippen LogP contribution in [0.25, 0.3) is 0 Å². The lowest BCUT2D eigenvalue weighted by molar-refractivity contribution is -0.385. The second-order valence-corrected chi connectivity index (χ2v) is 9.74. The van der Waals surface area contributed by atoms with Gasteiger partial charge in [-0.2, -0.15) is 0 Å². The summed E-state index contributed by atoms with van der Waals surface area (Å²) >= 11 is 0. The smallest absolute Gasteiger partial charge is 0.274 e. The van der Waals surface area contributed by atoms with Gasteiger partial charge in [-0.3, -0.25) is 19.7 Å². The molecule has 0 spiro atoms. The summed E-state index contributed by atoms with van der Waals surface area (Å²) in [5, 5.41) is 11.6. The number of imide groups is 1. The Balaban J connectivity index is 1.56. The average Bonchev–Trinajstić information content (AvgIpc) is 3.38. The lowest BCUT2D eigenvalue weighted by Crippen LogP contribution is -2.43. The molecule has 5 fully saturated rings. The zero-order chi connectivity index (χ0) is 19.2. The summed E-state index contributed by atoms with van der Waals surface area (Å²) in [5.74, 6) is 1.22. The normalized spacial score (nSPS) is 36.6. The minimum atomic E-state index is -0.416. The molecule has 4 aliphatic carbocycles. The largest absolute Gasteiger partial charge is 0.275 e. The van der Waals surface area contributed by atoms with Crippen LogP contribution < -0.4 is 4.90 Å². The number of fused-ring (bicyclic) bond motifs is 1. The first-order valence-electron chi connectivity index (χ1n) is 9.87. The number of carbonyl (C=O) groups excluding carboxylic acids is 2. The Morgan fingerprint density at radius 1 is 1.00 bits per heavy atom. The Bertz CT molecular complexity index is 853. The molecule has 0 radical (unpaired) electrons. The molecule has 2 amide bonds. The van der Waals surface area contributed by atoms with Gasteiger partial charge in [-0.15, -0.1) is 0 Å². The topological polar surface area (TPSA) is 80.5 Å². The van der Waals surface area contributed by atoms with Gasteiger partial charge in [-0.05, 0) is 60.5 Å². The predicted molar refractivity (Wildman–Crippen MR) is 99.1 cm³/mol. The van der Waals surface area contributed by atoms with Crippen molar-refractivity contribution in [3.8, 4) is 0 Å². The first-order chi connectivity index (χ1) is 12.7. The molecule has 2 bridgehead atoms. The van der Waals surface area contributed by atoms with Crippen LogP contribution in [-0.4, -0.2) is 16.7 Å². The van der Waals surface area contributed by atoms with E-state index in [9.17, 15) is 19.7 Å². The molecule has 6 rings (SSSR count). The minimum absolute atomic E-state index is 0.0266. The van der Waals surface area contributed by atoms with E-state index in [1.807, 2.05) is 20.8 Å². The lowest BCUT2D eigenvalue weighted by Gasteiger charge is -2.42. The molecule has 6 heteroatoms. The van der Waals surface area contributed by atoms with Crippen molar-refractivity contribution in [3.63, 3.8) is 0 Å². The van der Waals surface area contributed by atoms with Crippen LogP contribution in [0.3, 0.4) is 0 Å². The maximum atomic E-state index is 13.2. The number of hydrogen-bond donors (Lipinski definition) is 0. The van der Waals surface area contributed by atoms with Crippen molar-refractivity contribution in [1.29, 1.82) is 0 Å². The van der Waals surface area contributed by atoms with Gasteiger partial charge in [0.2, 0.25) is 11.8 Å². The van der Waals surface area contributed by atoms with Crippen LogP contribution in [0, 0.1) is 45.6 Å². The SMILES string of the molecule is CC(C)(C)c1ccc(N2C(=O)C3C4CCC(C5CC54)C3C2=O)cc1[N+](=O)[O-]. The number of benzene rings is 1.